The van der Waals surface area contributed by atoms with E-state index in [-0.39, 0.29) is 82.2 Å². The van der Waals surface area contributed by atoms with Gasteiger partial charge in [0.25, 0.3) is 11.8 Å². The lowest BCUT2D eigenvalue weighted by atomic mass is 9.63. The van der Waals surface area contributed by atoms with Crippen LogP contribution in [0.4, 0.5) is 11.4 Å². The van der Waals surface area contributed by atoms with E-state index in [9.17, 15) is 36.0 Å². The summed E-state index contributed by atoms with van der Waals surface area (Å²) in [6, 6.07) is 21.6. The number of halogens is 2. The number of sulfonamides is 2. The van der Waals surface area contributed by atoms with Crippen molar-refractivity contribution in [2.75, 3.05) is 63.4 Å². The average Bonchev–Trinajstić information content (AvgIpc) is 1.35. The molecule has 0 radical (unpaired) electrons. The van der Waals surface area contributed by atoms with E-state index in [4.69, 9.17) is 51.6 Å². The van der Waals surface area contributed by atoms with Crippen molar-refractivity contribution in [2.24, 2.45) is 45.5 Å². The molecular formula is C76H92Cl2N6O14S2. The van der Waals surface area contributed by atoms with Crippen LogP contribution in [0.15, 0.2) is 107 Å². The number of carbonyl (C=O) groups excluding carboxylic acids is 4. The van der Waals surface area contributed by atoms with Crippen molar-refractivity contribution in [1.82, 2.24) is 9.44 Å². The fourth-order valence-electron chi connectivity index (χ4n) is 17.3. The lowest BCUT2D eigenvalue weighted by Gasteiger charge is -2.50. The monoisotopic (exact) mass is 1450 g/mol. The molecule has 2 N–H and O–H groups in total. The first-order chi connectivity index (χ1) is 47.7. The zero-order chi connectivity index (χ0) is 70.8. The molecule has 24 heteroatoms. The minimum Gasteiger partial charge on any atom is -0.490 e. The number of benzene rings is 4. The molecule has 6 heterocycles. The number of hydrogen-bond donors (Lipinski definition) is 2. The SMILES string of the molecule is CO[C@@]1(CC2=N[C@@H](C)C(=O)O2)/C=C/C[C@H](C)[C@@H](C)S(=O)(=O)NC(=O)c2ccc3c(c2)N(C[C@@H]2CC[C@H]21)C[C@@]1(CCCc2cc(Cl)ccc21)CO3.CO[C@@]1(CC2=N[C@H](C)C(=O)O2)/C=C/C[C@H](C)[C@@H](C)S(=O)(=O)NC(=O)c2ccc3c(c2)N(C[C@@H]2CC[C@H]21)C[C@@]1(CCCc2cc(Cl)ccc21)CO3. The Labute approximate surface area is 597 Å². The molecule has 20 nitrogen and oxygen atoms in total. The molecule has 6 aliphatic heterocycles. The number of anilines is 2. The second-order valence-corrected chi connectivity index (χ2v) is 34.9. The van der Waals surface area contributed by atoms with E-state index in [1.165, 1.54) is 22.3 Å². The third kappa shape index (κ3) is 13.9. The summed E-state index contributed by atoms with van der Waals surface area (Å²) in [7, 11) is -4.64. The van der Waals surface area contributed by atoms with Gasteiger partial charge in [-0.15, -0.1) is 0 Å². The van der Waals surface area contributed by atoms with Gasteiger partial charge in [-0.3, -0.25) is 9.59 Å². The minimum absolute atomic E-state index is 0.0536. The van der Waals surface area contributed by atoms with Gasteiger partial charge in [-0.1, -0.05) is 73.5 Å². The predicted molar refractivity (Wildman–Crippen MR) is 385 cm³/mol. The van der Waals surface area contributed by atoms with Crippen LogP contribution in [-0.4, -0.2) is 140 Å². The van der Waals surface area contributed by atoms with E-state index in [0.717, 1.165) is 75.6 Å². The lowest BCUT2D eigenvalue weighted by Crippen LogP contribution is -2.53. The fraction of sp³-hybridized carbons (Fsp3) is 0.553. The molecule has 100 heavy (non-hydrogen) atoms. The summed E-state index contributed by atoms with van der Waals surface area (Å²) in [6.07, 6.45) is 18.9. The average molecular weight is 1450 g/mol. The number of amides is 2. The highest BCUT2D eigenvalue weighted by Crippen LogP contribution is 2.53. The number of methoxy groups -OCH3 is 2. The Balaban J connectivity index is 0.000000179. The smallest absolute Gasteiger partial charge is 0.337 e. The highest BCUT2D eigenvalue weighted by molar-refractivity contribution is 7.91. The summed E-state index contributed by atoms with van der Waals surface area (Å²) in [6.45, 7) is 13.9. The van der Waals surface area contributed by atoms with Crippen molar-refractivity contribution >= 4 is 90.2 Å². The predicted octanol–water partition coefficient (Wildman–Crippen LogP) is 12.0. The number of esters is 2. The van der Waals surface area contributed by atoms with Gasteiger partial charge >= 0.3 is 11.9 Å². The van der Waals surface area contributed by atoms with Crippen molar-refractivity contribution in [1.29, 1.82) is 0 Å². The van der Waals surface area contributed by atoms with Gasteiger partial charge in [0, 0.05) is 72.4 Å². The van der Waals surface area contributed by atoms with E-state index in [2.05, 4.69) is 53.5 Å². The second kappa shape index (κ2) is 28.1. The normalized spacial score (nSPS) is 34.2. The largest absolute Gasteiger partial charge is 0.490 e. The summed E-state index contributed by atoms with van der Waals surface area (Å²) in [5.74, 6) is -0.182. The Kier molecular flexibility index (Phi) is 20.1. The van der Waals surface area contributed by atoms with Gasteiger partial charge in [-0.2, -0.15) is 0 Å². The molecule has 14 atom stereocenters. The van der Waals surface area contributed by atoms with Gasteiger partial charge in [0.1, 0.15) is 23.6 Å². The molecule has 536 valence electrons. The number of allylic oxidation sites excluding steroid dienone is 2. The van der Waals surface area contributed by atoms with Crippen LogP contribution in [0.3, 0.4) is 0 Å². The number of rotatable bonds is 6. The maximum atomic E-state index is 13.6. The zero-order valence-electron chi connectivity index (χ0n) is 58.2. The molecule has 4 bridgehead atoms. The van der Waals surface area contributed by atoms with E-state index in [0.29, 0.717) is 85.6 Å². The van der Waals surface area contributed by atoms with Gasteiger partial charge in [0.15, 0.2) is 11.8 Å². The molecular weight excluding hydrogens is 1360 g/mol. The molecule has 2 fully saturated rings. The fourth-order valence-corrected chi connectivity index (χ4v) is 20.3. The number of aliphatic imine (C=N–C) groups is 2. The third-order valence-corrected chi connectivity index (χ3v) is 28.2. The first-order valence-electron chi connectivity index (χ1n) is 35.4. The Morgan fingerprint density at radius 3 is 1.33 bits per heavy atom. The highest BCUT2D eigenvalue weighted by Gasteiger charge is 2.53. The Hall–Kier alpha value is -6.82. The Bertz CT molecular complexity index is 3990. The van der Waals surface area contributed by atoms with Gasteiger partial charge in [-0.25, -0.2) is 45.9 Å². The van der Waals surface area contributed by atoms with Crippen LogP contribution in [0.1, 0.15) is 162 Å². The first kappa shape index (κ1) is 71.6. The molecule has 4 aliphatic carbocycles. The van der Waals surface area contributed by atoms with Gasteiger partial charge in [0.05, 0.1) is 59.1 Å². The molecule has 0 aromatic heterocycles. The van der Waals surface area contributed by atoms with Gasteiger partial charge in [-0.05, 0) is 223 Å². The van der Waals surface area contributed by atoms with Crippen LogP contribution < -0.4 is 28.7 Å². The molecule has 4 aromatic carbocycles. The second-order valence-electron chi connectivity index (χ2n) is 30.0. The van der Waals surface area contributed by atoms with Gasteiger partial charge < -0.3 is 38.2 Å². The van der Waals surface area contributed by atoms with Crippen LogP contribution in [0.2, 0.25) is 10.0 Å². The lowest BCUT2D eigenvalue weighted by molar-refractivity contribution is -0.136. The molecule has 10 aliphatic rings. The molecule has 2 spiro atoms. The molecule has 14 rings (SSSR count). The summed E-state index contributed by atoms with van der Waals surface area (Å²) < 4.78 is 96.0. The number of carbonyl (C=O) groups is 4. The van der Waals surface area contributed by atoms with Crippen molar-refractivity contribution in [3.8, 4) is 11.5 Å². The number of cyclic esters (lactones) is 2. The maximum Gasteiger partial charge on any atom is 0.337 e. The first-order valence-corrected chi connectivity index (χ1v) is 39.3. The molecule has 2 amide bonds. The highest BCUT2D eigenvalue weighted by atomic mass is 35.5. The quantitative estimate of drug-likeness (QED) is 0.135. The Morgan fingerprint density at radius 1 is 0.560 bits per heavy atom. The third-order valence-electron chi connectivity index (χ3n) is 23.9. The maximum absolute atomic E-state index is 13.6. The summed E-state index contributed by atoms with van der Waals surface area (Å²) in [4.78, 5) is 65.6. The van der Waals surface area contributed by atoms with Crippen molar-refractivity contribution < 1.29 is 64.4 Å². The van der Waals surface area contributed by atoms with Crippen molar-refractivity contribution in [3.05, 3.63) is 141 Å². The number of ether oxygens (including phenoxy) is 6. The number of hydrogen-bond acceptors (Lipinski definition) is 18. The van der Waals surface area contributed by atoms with E-state index >= 15 is 0 Å². The Morgan fingerprint density at radius 2 is 0.970 bits per heavy atom. The van der Waals surface area contributed by atoms with Crippen LogP contribution in [-0.2, 0) is 72.3 Å². The van der Waals surface area contributed by atoms with Gasteiger partial charge in [0.2, 0.25) is 20.0 Å². The summed E-state index contributed by atoms with van der Waals surface area (Å²) in [5.41, 5.74) is 4.63. The van der Waals surface area contributed by atoms with Crippen LogP contribution in [0, 0.1) is 35.5 Å². The standard InChI is InChI=1S/2C38H46ClN3O7S/c2*1-23-7-5-16-38(47-4,19-34-40-24(2)36(44)49-34)31-12-9-28(31)20-42-21-37(15-6-8-26-17-29(39)11-13-30(26)37)22-48-33-14-10-27(18-32(33)42)35(43)41-50(45,46)25(23)3/h2*5,10-11,13-14,16-18,23-25,28,31H,6-9,12,15,19-22H2,1-4H3,(H,41,43)/b2*16-5+/t23-,24+,25+,28-,31+,37-,38+;23-,24-,25+,28-,31+,37-,38+/m00/s1. The topological polar surface area (TPSA) is 247 Å². The van der Waals surface area contributed by atoms with Crippen LogP contribution in [0.5, 0.6) is 11.5 Å². The van der Waals surface area contributed by atoms with Crippen LogP contribution >= 0.6 is 23.2 Å². The van der Waals surface area contributed by atoms with E-state index in [1.54, 1.807) is 78.3 Å². The van der Waals surface area contributed by atoms with Crippen LogP contribution in [0.25, 0.3) is 0 Å². The summed E-state index contributed by atoms with van der Waals surface area (Å²) in [5, 5.41) is -0.269. The molecule has 4 aromatic rings. The van der Waals surface area contributed by atoms with Crippen molar-refractivity contribution in [2.45, 2.75) is 176 Å². The molecule has 2 saturated carbocycles. The number of nitrogens with one attached hydrogen (secondary N) is 2. The minimum atomic E-state index is -4.01. The number of nitrogens with zero attached hydrogens (tertiary/aromatic N) is 4. The number of aryl methyl sites for hydroxylation is 2. The van der Waals surface area contributed by atoms with Crippen molar-refractivity contribution in [3.63, 3.8) is 0 Å². The van der Waals surface area contributed by atoms with E-state index < -0.39 is 65.6 Å². The van der Waals surface area contributed by atoms with E-state index in [1.807, 2.05) is 50.3 Å². The number of fused-ring (bicyclic) bond motifs is 8. The summed E-state index contributed by atoms with van der Waals surface area (Å²) >= 11 is 12.9. The zero-order valence-corrected chi connectivity index (χ0v) is 61.4. The molecule has 0 unspecified atom stereocenters. The molecule has 0 saturated heterocycles.